The lowest BCUT2D eigenvalue weighted by Crippen LogP contribution is -2.09. The molecule has 0 radical (unpaired) electrons. The molecule has 0 aliphatic carbocycles. The molecule has 2 heterocycles. The summed E-state index contributed by atoms with van der Waals surface area (Å²) in [6, 6.07) is 9.96. The highest BCUT2D eigenvalue weighted by Crippen LogP contribution is 2.22. The summed E-state index contributed by atoms with van der Waals surface area (Å²) in [4.78, 5) is 8.45. The lowest BCUT2D eigenvalue weighted by molar-refractivity contribution is 0.785. The first kappa shape index (κ1) is 12.9. The van der Waals surface area contributed by atoms with Crippen LogP contribution in [0.25, 0.3) is 11.0 Å². The van der Waals surface area contributed by atoms with Gasteiger partial charge in [0, 0.05) is 13.6 Å². The predicted octanol–water partition coefficient (Wildman–Crippen LogP) is 2.76. The Morgan fingerprint density at radius 2 is 2.05 bits per heavy atom. The van der Waals surface area contributed by atoms with Crippen molar-refractivity contribution in [1.29, 1.82) is 0 Å². The molecule has 0 saturated heterocycles. The van der Waals surface area contributed by atoms with Gasteiger partial charge in [-0.2, -0.15) is 5.10 Å². The van der Waals surface area contributed by atoms with Crippen LogP contribution in [-0.4, -0.2) is 26.3 Å². The van der Waals surface area contributed by atoms with E-state index in [2.05, 4.69) is 20.4 Å². The summed E-state index contributed by atoms with van der Waals surface area (Å²) >= 11 is 6.39. The van der Waals surface area contributed by atoms with Crippen LogP contribution in [0.1, 0.15) is 10.9 Å². The summed E-state index contributed by atoms with van der Waals surface area (Å²) in [6.45, 7) is 0.590. The van der Waals surface area contributed by atoms with E-state index < -0.39 is 0 Å². The highest BCUT2D eigenvalue weighted by molar-refractivity contribution is 6.21. The van der Waals surface area contributed by atoms with Crippen LogP contribution in [0.15, 0.2) is 42.9 Å². The average Bonchev–Trinajstić information content (AvgIpc) is 2.88. The summed E-state index contributed by atoms with van der Waals surface area (Å²) in [5, 5.41) is 8.23. The smallest absolute Gasteiger partial charge is 0.163 e. The number of nitrogens with zero attached hydrogens (tertiary/aromatic N) is 4. The predicted molar refractivity (Wildman–Crippen MR) is 79.8 cm³/mol. The van der Waals surface area contributed by atoms with Crippen LogP contribution < -0.4 is 5.32 Å². The van der Waals surface area contributed by atoms with E-state index in [-0.39, 0.29) is 5.38 Å². The fourth-order valence-corrected chi connectivity index (χ4v) is 2.29. The minimum atomic E-state index is -0.113. The van der Waals surface area contributed by atoms with Crippen LogP contribution in [0.3, 0.4) is 0 Å². The first-order valence-corrected chi connectivity index (χ1v) is 6.75. The zero-order chi connectivity index (χ0) is 13.9. The van der Waals surface area contributed by atoms with Gasteiger partial charge < -0.3 is 5.32 Å². The molecule has 0 spiro atoms. The van der Waals surface area contributed by atoms with E-state index in [1.54, 1.807) is 10.9 Å². The SMILES string of the molecule is Cn1ncc2c(NCC(Cl)c3ccccc3)ncnc21. The Labute approximate surface area is 121 Å². The van der Waals surface area contributed by atoms with Crippen molar-refractivity contribution in [3.05, 3.63) is 48.4 Å². The lowest BCUT2D eigenvalue weighted by Gasteiger charge is -2.11. The average molecular weight is 288 g/mol. The molecule has 1 aromatic carbocycles. The van der Waals surface area contributed by atoms with Gasteiger partial charge in [-0.15, -0.1) is 11.6 Å². The van der Waals surface area contributed by atoms with Crippen molar-refractivity contribution >= 4 is 28.5 Å². The maximum Gasteiger partial charge on any atom is 0.163 e. The third-order valence-electron chi connectivity index (χ3n) is 3.14. The molecular weight excluding hydrogens is 274 g/mol. The second-order valence-electron chi connectivity index (χ2n) is 4.49. The van der Waals surface area contributed by atoms with Crippen LogP contribution in [0, 0.1) is 0 Å². The molecule has 3 aromatic rings. The summed E-state index contributed by atoms with van der Waals surface area (Å²) in [5.41, 5.74) is 1.88. The summed E-state index contributed by atoms with van der Waals surface area (Å²) in [6.07, 6.45) is 3.28. The second-order valence-corrected chi connectivity index (χ2v) is 5.01. The Morgan fingerprint density at radius 1 is 1.25 bits per heavy atom. The number of rotatable bonds is 4. The largest absolute Gasteiger partial charge is 0.368 e. The number of fused-ring (bicyclic) bond motifs is 1. The first-order chi connectivity index (χ1) is 9.75. The lowest BCUT2D eigenvalue weighted by atomic mass is 10.1. The summed E-state index contributed by atoms with van der Waals surface area (Å²) in [5.74, 6) is 0.754. The van der Waals surface area contributed by atoms with Crippen molar-refractivity contribution in [2.45, 2.75) is 5.38 Å². The van der Waals surface area contributed by atoms with Gasteiger partial charge in [0.1, 0.15) is 12.1 Å². The number of aromatic nitrogens is 4. The maximum atomic E-state index is 6.39. The third kappa shape index (κ3) is 2.44. The van der Waals surface area contributed by atoms with Crippen molar-refractivity contribution in [2.75, 3.05) is 11.9 Å². The molecule has 0 aliphatic rings. The second kappa shape index (κ2) is 5.46. The van der Waals surface area contributed by atoms with Gasteiger partial charge in [-0.3, -0.25) is 4.68 Å². The normalized spacial score (nSPS) is 12.5. The maximum absolute atomic E-state index is 6.39. The molecule has 5 nitrogen and oxygen atoms in total. The van der Waals surface area contributed by atoms with E-state index in [4.69, 9.17) is 11.6 Å². The number of alkyl halides is 1. The van der Waals surface area contributed by atoms with Gasteiger partial charge in [0.2, 0.25) is 0 Å². The topological polar surface area (TPSA) is 55.6 Å². The molecule has 0 fully saturated rings. The molecule has 0 bridgehead atoms. The molecule has 0 aliphatic heterocycles. The molecule has 20 heavy (non-hydrogen) atoms. The zero-order valence-corrected chi connectivity index (χ0v) is 11.7. The van der Waals surface area contributed by atoms with Gasteiger partial charge in [0.25, 0.3) is 0 Å². The molecule has 6 heteroatoms. The Balaban J connectivity index is 1.77. The molecule has 0 amide bonds. The Hall–Kier alpha value is -2.14. The van der Waals surface area contributed by atoms with E-state index in [1.807, 2.05) is 37.4 Å². The van der Waals surface area contributed by atoms with Crippen molar-refractivity contribution in [2.24, 2.45) is 7.05 Å². The van der Waals surface area contributed by atoms with Crippen LogP contribution in [0.5, 0.6) is 0 Å². The quantitative estimate of drug-likeness (QED) is 0.750. The van der Waals surface area contributed by atoms with E-state index in [1.165, 1.54) is 6.33 Å². The van der Waals surface area contributed by atoms with Gasteiger partial charge in [-0.25, -0.2) is 9.97 Å². The standard InChI is InChI=1S/C14H14ClN5/c1-20-14-11(7-19-20)13(17-9-18-14)16-8-12(15)10-5-3-2-4-6-10/h2-7,9,12H,8H2,1H3,(H,16,17,18). The first-order valence-electron chi connectivity index (χ1n) is 6.31. The van der Waals surface area contributed by atoms with Crippen molar-refractivity contribution < 1.29 is 0 Å². The minimum Gasteiger partial charge on any atom is -0.368 e. The van der Waals surface area contributed by atoms with Gasteiger partial charge in [0.05, 0.1) is 17.0 Å². The number of hydrogen-bond acceptors (Lipinski definition) is 4. The van der Waals surface area contributed by atoms with E-state index in [9.17, 15) is 0 Å². The van der Waals surface area contributed by atoms with E-state index in [0.717, 1.165) is 22.4 Å². The third-order valence-corrected chi connectivity index (χ3v) is 3.55. The fraction of sp³-hybridized carbons (Fsp3) is 0.214. The molecular formula is C14H14ClN5. The molecule has 2 aromatic heterocycles. The molecule has 0 saturated carbocycles. The Morgan fingerprint density at radius 3 is 2.85 bits per heavy atom. The molecule has 3 rings (SSSR count). The van der Waals surface area contributed by atoms with Gasteiger partial charge in [-0.05, 0) is 5.56 Å². The minimum absolute atomic E-state index is 0.113. The van der Waals surface area contributed by atoms with Gasteiger partial charge in [-0.1, -0.05) is 30.3 Å². The van der Waals surface area contributed by atoms with E-state index in [0.29, 0.717) is 6.54 Å². The Bertz CT molecular complexity index is 710. The Kier molecular flexibility index (Phi) is 3.52. The molecule has 102 valence electrons. The number of hydrogen-bond donors (Lipinski definition) is 1. The van der Waals surface area contributed by atoms with Crippen LogP contribution >= 0.6 is 11.6 Å². The molecule has 1 N–H and O–H groups in total. The van der Waals surface area contributed by atoms with Crippen molar-refractivity contribution in [1.82, 2.24) is 19.7 Å². The highest BCUT2D eigenvalue weighted by Gasteiger charge is 2.11. The van der Waals surface area contributed by atoms with Crippen LogP contribution in [-0.2, 0) is 7.05 Å². The zero-order valence-electron chi connectivity index (χ0n) is 11.0. The highest BCUT2D eigenvalue weighted by atomic mass is 35.5. The van der Waals surface area contributed by atoms with Crippen molar-refractivity contribution in [3.63, 3.8) is 0 Å². The molecule has 1 atom stereocenters. The van der Waals surface area contributed by atoms with Gasteiger partial charge in [0.15, 0.2) is 5.65 Å². The number of halogens is 1. The number of nitrogens with one attached hydrogen (secondary N) is 1. The molecule has 1 unspecified atom stereocenters. The van der Waals surface area contributed by atoms with Gasteiger partial charge >= 0.3 is 0 Å². The fourth-order valence-electron chi connectivity index (χ4n) is 2.07. The van der Waals surface area contributed by atoms with Crippen molar-refractivity contribution in [3.8, 4) is 0 Å². The van der Waals surface area contributed by atoms with Crippen LogP contribution in [0.4, 0.5) is 5.82 Å². The van der Waals surface area contributed by atoms with Crippen LogP contribution in [0.2, 0.25) is 0 Å². The number of aryl methyl sites for hydroxylation is 1. The summed E-state index contributed by atoms with van der Waals surface area (Å²) in [7, 11) is 1.85. The van der Waals surface area contributed by atoms with E-state index >= 15 is 0 Å². The number of anilines is 1. The summed E-state index contributed by atoms with van der Waals surface area (Å²) < 4.78 is 1.72. The monoisotopic (exact) mass is 287 g/mol. The number of benzene rings is 1.